The second-order valence-electron chi connectivity index (χ2n) is 8.06. The number of benzene rings is 1. The van der Waals surface area contributed by atoms with E-state index in [4.69, 9.17) is 4.74 Å². The van der Waals surface area contributed by atoms with E-state index in [1.807, 2.05) is 37.8 Å². The molecular weight excluding hydrogens is 307 g/mol. The molecule has 2 saturated heterocycles. The first-order valence-electron chi connectivity index (χ1n) is 8.74. The second kappa shape index (κ2) is 6.36. The number of amides is 1. The van der Waals surface area contributed by atoms with Gasteiger partial charge in [0.1, 0.15) is 11.4 Å². The van der Waals surface area contributed by atoms with Crippen molar-refractivity contribution in [1.82, 2.24) is 10.2 Å². The van der Waals surface area contributed by atoms with Crippen LogP contribution in [0.15, 0.2) is 24.3 Å². The Morgan fingerprint density at radius 3 is 2.62 bits per heavy atom. The molecule has 0 aromatic heterocycles. The van der Waals surface area contributed by atoms with Crippen molar-refractivity contribution in [1.29, 1.82) is 0 Å². The minimum absolute atomic E-state index is 0.0906. The summed E-state index contributed by atoms with van der Waals surface area (Å²) in [6.07, 6.45) is 2.56. The number of nitrogens with one attached hydrogen (secondary N) is 1. The summed E-state index contributed by atoms with van der Waals surface area (Å²) < 4.78 is 18.8. The molecule has 2 aliphatic heterocycles. The highest BCUT2D eigenvalue weighted by Gasteiger charge is 2.51. The van der Waals surface area contributed by atoms with Crippen molar-refractivity contribution in [2.24, 2.45) is 5.41 Å². The molecule has 3 rings (SSSR count). The predicted octanol–water partition coefficient (Wildman–Crippen LogP) is 3.36. The van der Waals surface area contributed by atoms with Gasteiger partial charge in [-0.05, 0) is 64.3 Å². The maximum Gasteiger partial charge on any atom is 0.410 e. The van der Waals surface area contributed by atoms with Crippen LogP contribution in [-0.4, -0.2) is 42.3 Å². The van der Waals surface area contributed by atoms with Crippen molar-refractivity contribution in [2.45, 2.75) is 51.7 Å². The zero-order valence-electron chi connectivity index (χ0n) is 14.8. The lowest BCUT2D eigenvalue weighted by Gasteiger charge is -2.35. The summed E-state index contributed by atoms with van der Waals surface area (Å²) in [6, 6.07) is 6.70. The Hall–Kier alpha value is -1.62. The smallest absolute Gasteiger partial charge is 0.410 e. The van der Waals surface area contributed by atoms with E-state index in [1.54, 1.807) is 0 Å². The Morgan fingerprint density at radius 2 is 2.04 bits per heavy atom. The van der Waals surface area contributed by atoms with Gasteiger partial charge in [0.2, 0.25) is 0 Å². The first-order valence-corrected chi connectivity index (χ1v) is 8.74. The van der Waals surface area contributed by atoms with E-state index in [0.717, 1.165) is 44.5 Å². The van der Waals surface area contributed by atoms with Crippen LogP contribution in [0.2, 0.25) is 0 Å². The van der Waals surface area contributed by atoms with Crippen LogP contribution in [0.3, 0.4) is 0 Å². The number of carbonyl (C=O) groups is 1. The Kier molecular flexibility index (Phi) is 4.56. The molecular formula is C19H27FN2O2. The van der Waals surface area contributed by atoms with Gasteiger partial charge < -0.3 is 15.0 Å². The third kappa shape index (κ3) is 3.56. The highest BCUT2D eigenvalue weighted by molar-refractivity contribution is 5.69. The zero-order valence-corrected chi connectivity index (χ0v) is 14.8. The first kappa shape index (κ1) is 17.2. The summed E-state index contributed by atoms with van der Waals surface area (Å²) in [5.74, 6) is -0.230. The molecule has 24 heavy (non-hydrogen) atoms. The number of rotatable bonds is 2. The average Bonchev–Trinajstić information content (AvgIpc) is 3.09. The standard InChI is InChI=1S/C19H27FN2O2/c1-18(2,3)24-17(23)22-11-9-19(8-10-21-13-19)16(22)12-14-4-6-15(20)7-5-14/h4-7,16,21H,8-13H2,1-3H3. The molecule has 0 aliphatic carbocycles. The third-order valence-electron chi connectivity index (χ3n) is 5.18. The van der Waals surface area contributed by atoms with Crippen LogP contribution in [0.25, 0.3) is 0 Å². The topological polar surface area (TPSA) is 41.6 Å². The number of carbonyl (C=O) groups excluding carboxylic acids is 1. The van der Waals surface area contributed by atoms with E-state index in [0.29, 0.717) is 0 Å². The van der Waals surface area contributed by atoms with Gasteiger partial charge in [-0.3, -0.25) is 0 Å². The molecule has 2 heterocycles. The van der Waals surface area contributed by atoms with Gasteiger partial charge in [-0.15, -0.1) is 0 Å². The lowest BCUT2D eigenvalue weighted by molar-refractivity contribution is 0.0171. The van der Waals surface area contributed by atoms with Crippen LogP contribution in [0.1, 0.15) is 39.2 Å². The summed E-state index contributed by atoms with van der Waals surface area (Å²) >= 11 is 0. The van der Waals surface area contributed by atoms with Gasteiger partial charge >= 0.3 is 6.09 Å². The quantitative estimate of drug-likeness (QED) is 0.902. The van der Waals surface area contributed by atoms with Gasteiger partial charge in [0.25, 0.3) is 0 Å². The second-order valence-corrected chi connectivity index (χ2v) is 8.06. The molecule has 2 aliphatic rings. The van der Waals surface area contributed by atoms with E-state index >= 15 is 0 Å². The van der Waals surface area contributed by atoms with Gasteiger partial charge in [-0.1, -0.05) is 12.1 Å². The van der Waals surface area contributed by atoms with Crippen LogP contribution < -0.4 is 5.32 Å². The highest BCUT2D eigenvalue weighted by Crippen LogP contribution is 2.43. The van der Waals surface area contributed by atoms with Crippen molar-refractivity contribution in [3.05, 3.63) is 35.6 Å². The average molecular weight is 334 g/mol. The number of ether oxygens (including phenoxy) is 1. The van der Waals surface area contributed by atoms with Crippen molar-refractivity contribution in [2.75, 3.05) is 19.6 Å². The summed E-state index contributed by atoms with van der Waals surface area (Å²) in [5.41, 5.74) is 0.662. The normalized spacial score (nSPS) is 27.0. The summed E-state index contributed by atoms with van der Waals surface area (Å²) in [4.78, 5) is 14.6. The molecule has 2 unspecified atom stereocenters. The minimum Gasteiger partial charge on any atom is -0.444 e. The van der Waals surface area contributed by atoms with Crippen LogP contribution in [-0.2, 0) is 11.2 Å². The lowest BCUT2D eigenvalue weighted by Crippen LogP contribution is -2.47. The third-order valence-corrected chi connectivity index (χ3v) is 5.18. The Morgan fingerprint density at radius 1 is 1.33 bits per heavy atom. The molecule has 5 heteroatoms. The van der Waals surface area contributed by atoms with Crippen LogP contribution >= 0.6 is 0 Å². The van der Waals surface area contributed by atoms with Crippen LogP contribution in [0.5, 0.6) is 0 Å². The number of likely N-dealkylation sites (tertiary alicyclic amines) is 1. The fraction of sp³-hybridized carbons (Fsp3) is 0.632. The SMILES string of the molecule is CC(C)(C)OC(=O)N1CCC2(CCNC2)C1Cc1ccc(F)cc1. The van der Waals surface area contributed by atoms with Gasteiger partial charge in [-0.25, -0.2) is 9.18 Å². The summed E-state index contributed by atoms with van der Waals surface area (Å²) in [6.45, 7) is 8.32. The molecule has 132 valence electrons. The summed E-state index contributed by atoms with van der Waals surface area (Å²) in [7, 11) is 0. The van der Waals surface area contributed by atoms with Crippen molar-refractivity contribution in [3.63, 3.8) is 0 Å². The number of hydrogen-bond acceptors (Lipinski definition) is 3. The van der Waals surface area contributed by atoms with Gasteiger partial charge in [0.05, 0.1) is 0 Å². The van der Waals surface area contributed by atoms with Crippen molar-refractivity contribution < 1.29 is 13.9 Å². The fourth-order valence-electron chi connectivity index (χ4n) is 3.97. The van der Waals surface area contributed by atoms with E-state index in [1.165, 1.54) is 12.1 Å². The molecule has 1 N–H and O–H groups in total. The van der Waals surface area contributed by atoms with Crippen molar-refractivity contribution in [3.8, 4) is 0 Å². The van der Waals surface area contributed by atoms with E-state index in [9.17, 15) is 9.18 Å². The Balaban J connectivity index is 1.82. The molecule has 2 fully saturated rings. The van der Waals surface area contributed by atoms with Gasteiger partial charge in [-0.2, -0.15) is 0 Å². The molecule has 1 amide bonds. The number of halogens is 1. The Labute approximate surface area is 143 Å². The molecule has 0 radical (unpaired) electrons. The lowest BCUT2D eigenvalue weighted by atomic mass is 9.77. The molecule has 1 spiro atoms. The predicted molar refractivity (Wildman–Crippen MR) is 91.4 cm³/mol. The minimum atomic E-state index is -0.499. The van der Waals surface area contributed by atoms with Gasteiger partial charge in [0, 0.05) is 24.5 Å². The van der Waals surface area contributed by atoms with Crippen LogP contribution in [0.4, 0.5) is 9.18 Å². The van der Waals surface area contributed by atoms with E-state index < -0.39 is 5.60 Å². The highest BCUT2D eigenvalue weighted by atomic mass is 19.1. The molecule has 0 saturated carbocycles. The monoisotopic (exact) mass is 334 g/mol. The maximum absolute atomic E-state index is 13.2. The van der Waals surface area contributed by atoms with E-state index in [-0.39, 0.29) is 23.4 Å². The molecule has 2 atom stereocenters. The maximum atomic E-state index is 13.2. The largest absolute Gasteiger partial charge is 0.444 e. The van der Waals surface area contributed by atoms with E-state index in [2.05, 4.69) is 5.32 Å². The molecule has 4 nitrogen and oxygen atoms in total. The Bertz CT molecular complexity index is 588. The zero-order chi connectivity index (χ0) is 17.4. The number of nitrogens with zero attached hydrogens (tertiary/aromatic N) is 1. The molecule has 0 bridgehead atoms. The first-order chi connectivity index (χ1) is 11.3. The number of hydrogen-bond donors (Lipinski definition) is 1. The fourth-order valence-corrected chi connectivity index (χ4v) is 3.97. The molecule has 1 aromatic carbocycles. The summed E-state index contributed by atoms with van der Waals surface area (Å²) in [5, 5.41) is 3.45. The van der Waals surface area contributed by atoms with Crippen molar-refractivity contribution >= 4 is 6.09 Å². The van der Waals surface area contributed by atoms with Gasteiger partial charge in [0.15, 0.2) is 0 Å². The molecule has 1 aromatic rings. The van der Waals surface area contributed by atoms with Crippen LogP contribution in [0, 0.1) is 11.2 Å².